The summed E-state index contributed by atoms with van der Waals surface area (Å²) in [4.78, 5) is 11.6. The van der Waals surface area contributed by atoms with Crippen molar-refractivity contribution in [2.24, 2.45) is 0 Å². The minimum atomic E-state index is -0.860. The van der Waals surface area contributed by atoms with Gasteiger partial charge >= 0.3 is 5.97 Å². The van der Waals surface area contributed by atoms with Crippen LogP contribution in [0.2, 0.25) is 5.02 Å². The molecule has 0 spiro atoms. The van der Waals surface area contributed by atoms with Gasteiger partial charge in [0.25, 0.3) is 0 Å². The molecule has 1 aliphatic carbocycles. The highest BCUT2D eigenvalue weighted by atomic mass is 35.5. The first-order valence-corrected chi connectivity index (χ1v) is 6.78. The number of carboxylic acid groups (broad SMARTS) is 1. The Morgan fingerprint density at radius 1 is 1.17 bits per heavy atom. The van der Waals surface area contributed by atoms with E-state index in [1.807, 2.05) is 18.2 Å². The lowest BCUT2D eigenvalue weighted by molar-refractivity contribution is -0.142. The number of rotatable bonds is 3. The van der Waals surface area contributed by atoms with Crippen LogP contribution in [0.4, 0.5) is 5.69 Å². The highest BCUT2D eigenvalue weighted by molar-refractivity contribution is 6.33. The topological polar surface area (TPSA) is 49.3 Å². The van der Waals surface area contributed by atoms with E-state index in [-0.39, 0.29) is 0 Å². The first kappa shape index (κ1) is 13.2. The van der Waals surface area contributed by atoms with Crippen LogP contribution in [0.1, 0.15) is 38.5 Å². The molecule has 2 N–H and O–H groups in total. The van der Waals surface area contributed by atoms with Gasteiger partial charge < -0.3 is 10.4 Å². The van der Waals surface area contributed by atoms with E-state index in [9.17, 15) is 9.90 Å². The van der Waals surface area contributed by atoms with Crippen molar-refractivity contribution in [3.05, 3.63) is 29.3 Å². The molecule has 0 amide bonds. The molecule has 0 bridgehead atoms. The van der Waals surface area contributed by atoms with Gasteiger partial charge in [-0.15, -0.1) is 0 Å². The normalized spacial score (nSPS) is 18.9. The van der Waals surface area contributed by atoms with Gasteiger partial charge in [0.15, 0.2) is 0 Å². The Bertz CT molecular complexity index is 426. The van der Waals surface area contributed by atoms with Crippen LogP contribution in [0.3, 0.4) is 0 Å². The Morgan fingerprint density at radius 2 is 1.78 bits per heavy atom. The lowest BCUT2D eigenvalue weighted by Gasteiger charge is -2.30. The van der Waals surface area contributed by atoms with Crippen LogP contribution in [-0.2, 0) is 4.79 Å². The van der Waals surface area contributed by atoms with Crippen LogP contribution in [0.15, 0.2) is 24.3 Å². The van der Waals surface area contributed by atoms with Gasteiger partial charge in [0, 0.05) is 0 Å². The Hall–Kier alpha value is -1.22. The van der Waals surface area contributed by atoms with E-state index in [1.165, 1.54) is 0 Å². The van der Waals surface area contributed by atoms with E-state index >= 15 is 0 Å². The van der Waals surface area contributed by atoms with Crippen molar-refractivity contribution >= 4 is 23.3 Å². The van der Waals surface area contributed by atoms with Crippen LogP contribution < -0.4 is 5.32 Å². The molecule has 0 saturated heterocycles. The fourth-order valence-electron chi connectivity index (χ4n) is 2.54. The monoisotopic (exact) mass is 267 g/mol. The molecule has 2 rings (SSSR count). The Morgan fingerprint density at radius 3 is 2.33 bits per heavy atom. The number of carboxylic acids is 1. The largest absolute Gasteiger partial charge is 0.480 e. The summed E-state index contributed by atoms with van der Waals surface area (Å²) < 4.78 is 0. The second kappa shape index (κ2) is 5.61. The first-order chi connectivity index (χ1) is 8.64. The van der Waals surface area contributed by atoms with E-state index in [0.717, 1.165) is 25.7 Å². The third-order valence-corrected chi connectivity index (χ3v) is 3.94. The standard InChI is InChI=1S/C14H18ClNO2/c15-11-7-3-4-8-12(11)16-14(13(17)18)9-5-1-2-6-10-14/h3-4,7-8,16H,1-2,5-6,9-10H2,(H,17,18). The van der Waals surface area contributed by atoms with Gasteiger partial charge in [0.05, 0.1) is 10.7 Å². The van der Waals surface area contributed by atoms with Gasteiger partial charge in [-0.2, -0.15) is 0 Å². The summed E-state index contributed by atoms with van der Waals surface area (Å²) in [5.41, 5.74) is -0.148. The quantitative estimate of drug-likeness (QED) is 0.816. The highest BCUT2D eigenvalue weighted by Crippen LogP contribution is 2.33. The van der Waals surface area contributed by atoms with Crippen LogP contribution in [0.5, 0.6) is 0 Å². The maximum atomic E-state index is 11.6. The van der Waals surface area contributed by atoms with Crippen molar-refractivity contribution in [1.29, 1.82) is 0 Å². The predicted octanol–water partition coefficient (Wildman–Crippen LogP) is 3.93. The molecule has 0 atom stereocenters. The summed E-state index contributed by atoms with van der Waals surface area (Å²) in [5, 5.41) is 13.3. The van der Waals surface area contributed by atoms with Gasteiger partial charge in [-0.3, -0.25) is 0 Å². The molecule has 1 aromatic rings. The molecule has 1 saturated carbocycles. The van der Waals surface area contributed by atoms with Gasteiger partial charge in [0.2, 0.25) is 0 Å². The fraction of sp³-hybridized carbons (Fsp3) is 0.500. The molecule has 4 heteroatoms. The molecule has 0 radical (unpaired) electrons. The zero-order chi connectivity index (χ0) is 13.0. The smallest absolute Gasteiger partial charge is 0.329 e. The van der Waals surface area contributed by atoms with Crippen LogP contribution >= 0.6 is 11.6 Å². The first-order valence-electron chi connectivity index (χ1n) is 6.40. The summed E-state index contributed by atoms with van der Waals surface area (Å²) >= 11 is 6.10. The molecule has 3 nitrogen and oxygen atoms in total. The third-order valence-electron chi connectivity index (χ3n) is 3.61. The molecule has 1 aromatic carbocycles. The fourth-order valence-corrected chi connectivity index (χ4v) is 2.73. The SMILES string of the molecule is O=C(O)C1(Nc2ccccc2Cl)CCCCCC1. The predicted molar refractivity (Wildman–Crippen MR) is 73.1 cm³/mol. The van der Waals surface area contributed by atoms with Gasteiger partial charge in [-0.25, -0.2) is 4.79 Å². The second-order valence-corrected chi connectivity index (χ2v) is 5.31. The molecule has 18 heavy (non-hydrogen) atoms. The van der Waals surface area contributed by atoms with E-state index in [4.69, 9.17) is 11.6 Å². The number of hydrogen-bond donors (Lipinski definition) is 2. The summed E-state index contributed by atoms with van der Waals surface area (Å²) in [5.74, 6) is -0.774. The molecule has 0 unspecified atom stereocenters. The molecule has 98 valence electrons. The number of aliphatic carboxylic acids is 1. The van der Waals surface area contributed by atoms with Gasteiger partial charge in [-0.05, 0) is 25.0 Å². The van der Waals surface area contributed by atoms with Crippen molar-refractivity contribution in [1.82, 2.24) is 0 Å². The average Bonchev–Trinajstić information content (AvgIpc) is 2.59. The summed E-state index contributed by atoms with van der Waals surface area (Å²) in [6.07, 6.45) is 5.44. The number of hydrogen-bond acceptors (Lipinski definition) is 2. The lowest BCUT2D eigenvalue weighted by Crippen LogP contribution is -2.46. The average molecular weight is 268 g/mol. The van der Waals surface area contributed by atoms with Crippen LogP contribution in [0, 0.1) is 0 Å². The Labute approximate surface area is 112 Å². The van der Waals surface area contributed by atoms with Crippen LogP contribution in [0.25, 0.3) is 0 Å². The van der Waals surface area contributed by atoms with E-state index in [1.54, 1.807) is 6.07 Å². The molecule has 0 heterocycles. The third kappa shape index (κ3) is 2.78. The summed E-state index contributed by atoms with van der Waals surface area (Å²) in [6, 6.07) is 7.31. The van der Waals surface area contributed by atoms with Crippen molar-refractivity contribution in [2.75, 3.05) is 5.32 Å². The van der Waals surface area contributed by atoms with E-state index in [0.29, 0.717) is 23.6 Å². The summed E-state index contributed by atoms with van der Waals surface area (Å²) in [6.45, 7) is 0. The molecular formula is C14H18ClNO2. The maximum absolute atomic E-state index is 11.6. The minimum absolute atomic E-state index is 0.572. The molecule has 1 fully saturated rings. The lowest BCUT2D eigenvalue weighted by atomic mass is 9.90. The zero-order valence-electron chi connectivity index (χ0n) is 10.3. The number of halogens is 1. The van der Waals surface area contributed by atoms with Crippen molar-refractivity contribution in [3.8, 4) is 0 Å². The van der Waals surface area contributed by atoms with Crippen LogP contribution in [-0.4, -0.2) is 16.6 Å². The number of benzene rings is 1. The number of anilines is 1. The number of nitrogens with one attached hydrogen (secondary N) is 1. The molecular weight excluding hydrogens is 250 g/mol. The van der Waals surface area contributed by atoms with E-state index < -0.39 is 11.5 Å². The van der Waals surface area contributed by atoms with Gasteiger partial charge in [-0.1, -0.05) is 49.4 Å². The zero-order valence-corrected chi connectivity index (χ0v) is 11.0. The Balaban J connectivity index is 2.25. The highest BCUT2D eigenvalue weighted by Gasteiger charge is 2.38. The van der Waals surface area contributed by atoms with Crippen molar-refractivity contribution in [3.63, 3.8) is 0 Å². The second-order valence-electron chi connectivity index (χ2n) is 4.91. The minimum Gasteiger partial charge on any atom is -0.480 e. The maximum Gasteiger partial charge on any atom is 0.329 e. The molecule has 0 aliphatic heterocycles. The number of para-hydroxylation sites is 1. The summed E-state index contributed by atoms with van der Waals surface area (Å²) in [7, 11) is 0. The Kier molecular flexibility index (Phi) is 4.12. The molecule has 1 aliphatic rings. The van der Waals surface area contributed by atoms with Crippen molar-refractivity contribution < 1.29 is 9.90 Å². The number of carbonyl (C=O) groups is 1. The molecule has 0 aromatic heterocycles. The van der Waals surface area contributed by atoms with E-state index in [2.05, 4.69) is 5.32 Å². The van der Waals surface area contributed by atoms with Crippen molar-refractivity contribution in [2.45, 2.75) is 44.1 Å². The van der Waals surface area contributed by atoms with Gasteiger partial charge in [0.1, 0.15) is 5.54 Å².